The molecule has 8 heteroatoms. The zero-order valence-corrected chi connectivity index (χ0v) is 15.3. The first-order chi connectivity index (χ1) is 13.0. The van der Waals surface area contributed by atoms with Crippen molar-refractivity contribution in [2.75, 3.05) is 6.54 Å². The lowest BCUT2D eigenvalue weighted by molar-refractivity contribution is -0.142. The Bertz CT molecular complexity index is 867. The average Bonchev–Trinajstić information content (AvgIpc) is 3.12. The van der Waals surface area contributed by atoms with E-state index in [1.54, 1.807) is 16.2 Å². The van der Waals surface area contributed by atoms with Gasteiger partial charge in [0.15, 0.2) is 6.04 Å². The van der Waals surface area contributed by atoms with E-state index < -0.39 is 23.7 Å². The molecule has 1 aliphatic rings. The van der Waals surface area contributed by atoms with Gasteiger partial charge in [-0.05, 0) is 29.5 Å². The summed E-state index contributed by atoms with van der Waals surface area (Å²) in [4.78, 5) is 38.9. The van der Waals surface area contributed by atoms with Crippen LogP contribution in [0.15, 0.2) is 35.7 Å². The molecule has 1 aromatic carbocycles. The van der Waals surface area contributed by atoms with Crippen molar-refractivity contribution >= 4 is 29.1 Å². The van der Waals surface area contributed by atoms with E-state index in [1.807, 2.05) is 11.4 Å². The van der Waals surface area contributed by atoms with Crippen LogP contribution in [-0.2, 0) is 27.3 Å². The maximum Gasteiger partial charge on any atom is 0.331 e. The first-order valence-electron chi connectivity index (χ1n) is 8.55. The molecule has 1 atom stereocenters. The molecule has 0 bridgehead atoms. The Labute approximate surface area is 159 Å². The number of carbonyl (C=O) groups is 3. The number of benzene rings is 1. The highest BCUT2D eigenvalue weighted by atomic mass is 32.1. The van der Waals surface area contributed by atoms with Crippen molar-refractivity contribution in [3.05, 3.63) is 57.5 Å². The molecule has 0 radical (unpaired) electrons. The van der Waals surface area contributed by atoms with Gasteiger partial charge in [0.2, 0.25) is 11.8 Å². The minimum atomic E-state index is -1.49. The topological polar surface area (TPSA) is 86.7 Å². The van der Waals surface area contributed by atoms with Crippen molar-refractivity contribution in [1.29, 1.82) is 0 Å². The number of hydrogen-bond donors (Lipinski definition) is 2. The molecule has 1 aromatic heterocycles. The number of thiophene rings is 1. The summed E-state index contributed by atoms with van der Waals surface area (Å²) in [6.07, 6.45) is 0.637. The van der Waals surface area contributed by atoms with Crippen LogP contribution < -0.4 is 5.32 Å². The number of carbonyl (C=O) groups excluding carboxylic acids is 2. The maximum absolute atomic E-state index is 13.8. The van der Waals surface area contributed by atoms with Crippen LogP contribution in [0.25, 0.3) is 0 Å². The number of hydrogen-bond acceptors (Lipinski definition) is 4. The summed E-state index contributed by atoms with van der Waals surface area (Å²) in [6, 6.07) is 5.89. The van der Waals surface area contributed by atoms with Gasteiger partial charge in [0, 0.05) is 36.4 Å². The third kappa shape index (κ3) is 4.51. The van der Waals surface area contributed by atoms with Crippen molar-refractivity contribution in [2.24, 2.45) is 0 Å². The first kappa shape index (κ1) is 19.0. The zero-order valence-electron chi connectivity index (χ0n) is 14.5. The summed E-state index contributed by atoms with van der Waals surface area (Å²) in [6.45, 7) is 1.15. The number of halogens is 1. The summed E-state index contributed by atoms with van der Waals surface area (Å²) in [5, 5.41) is 13.6. The smallest absolute Gasteiger partial charge is 0.331 e. The molecule has 2 heterocycles. The van der Waals surface area contributed by atoms with Gasteiger partial charge < -0.3 is 15.3 Å². The Morgan fingerprint density at radius 1 is 1.22 bits per heavy atom. The zero-order chi connectivity index (χ0) is 19.4. The molecule has 0 saturated heterocycles. The fraction of sp³-hybridized carbons (Fsp3) is 0.316. The molecular weight excluding hydrogens is 371 g/mol. The van der Waals surface area contributed by atoms with Gasteiger partial charge in [0.25, 0.3) is 0 Å². The molecule has 1 unspecified atom stereocenters. The lowest BCUT2D eigenvalue weighted by Crippen LogP contribution is -2.37. The second-order valence-electron chi connectivity index (χ2n) is 6.29. The SMILES string of the molecule is O=C(CCC(=O)N1CCc2sccc2C1)NC(C(=O)O)c1ccccc1F. The van der Waals surface area contributed by atoms with Crippen molar-refractivity contribution in [3.63, 3.8) is 0 Å². The Morgan fingerprint density at radius 3 is 2.74 bits per heavy atom. The van der Waals surface area contributed by atoms with Crippen LogP contribution in [0.1, 0.15) is 34.9 Å². The predicted octanol–water partition coefficient (Wildman–Crippen LogP) is 2.49. The van der Waals surface area contributed by atoms with E-state index in [0.717, 1.165) is 18.1 Å². The summed E-state index contributed by atoms with van der Waals surface area (Å²) in [5.74, 6) is -2.83. The molecule has 2 amide bonds. The molecule has 0 fully saturated rings. The molecular formula is C19H19FN2O4S. The van der Waals surface area contributed by atoms with E-state index in [4.69, 9.17) is 0 Å². The predicted molar refractivity (Wildman–Crippen MR) is 97.6 cm³/mol. The lowest BCUT2D eigenvalue weighted by Gasteiger charge is -2.27. The quantitative estimate of drug-likeness (QED) is 0.793. The van der Waals surface area contributed by atoms with Crippen LogP contribution >= 0.6 is 11.3 Å². The Balaban J connectivity index is 1.55. The van der Waals surface area contributed by atoms with E-state index in [-0.39, 0.29) is 24.3 Å². The molecule has 6 nitrogen and oxygen atoms in total. The van der Waals surface area contributed by atoms with E-state index in [0.29, 0.717) is 13.1 Å². The fourth-order valence-corrected chi connectivity index (χ4v) is 3.94. The molecule has 27 heavy (non-hydrogen) atoms. The number of amides is 2. The molecule has 3 rings (SSSR count). The number of rotatable bonds is 6. The number of carboxylic acid groups (broad SMARTS) is 1. The van der Waals surface area contributed by atoms with Crippen LogP contribution in [0, 0.1) is 5.82 Å². The molecule has 0 saturated carbocycles. The van der Waals surface area contributed by atoms with Crippen molar-refractivity contribution in [1.82, 2.24) is 10.2 Å². The molecule has 2 aromatic rings. The number of aliphatic carboxylic acids is 1. The number of carboxylic acids is 1. The van der Waals surface area contributed by atoms with Crippen LogP contribution in [0.4, 0.5) is 4.39 Å². The van der Waals surface area contributed by atoms with E-state index >= 15 is 0 Å². The molecule has 2 N–H and O–H groups in total. The van der Waals surface area contributed by atoms with Gasteiger partial charge in [-0.3, -0.25) is 9.59 Å². The Hall–Kier alpha value is -2.74. The highest BCUT2D eigenvalue weighted by molar-refractivity contribution is 7.10. The number of nitrogens with one attached hydrogen (secondary N) is 1. The maximum atomic E-state index is 13.8. The van der Waals surface area contributed by atoms with Gasteiger partial charge in [-0.25, -0.2) is 9.18 Å². The second-order valence-corrected chi connectivity index (χ2v) is 7.30. The third-order valence-corrected chi connectivity index (χ3v) is 5.52. The van der Waals surface area contributed by atoms with Gasteiger partial charge in [-0.1, -0.05) is 18.2 Å². The minimum Gasteiger partial charge on any atom is -0.479 e. The van der Waals surface area contributed by atoms with Gasteiger partial charge in [-0.15, -0.1) is 11.3 Å². The summed E-state index contributed by atoms with van der Waals surface area (Å²) < 4.78 is 13.8. The fourth-order valence-electron chi connectivity index (χ4n) is 3.05. The van der Waals surface area contributed by atoms with Crippen molar-refractivity contribution < 1.29 is 23.9 Å². The molecule has 142 valence electrons. The van der Waals surface area contributed by atoms with Crippen LogP contribution in [0.2, 0.25) is 0 Å². The monoisotopic (exact) mass is 390 g/mol. The summed E-state index contributed by atoms with van der Waals surface area (Å²) >= 11 is 1.68. The Kier molecular flexibility index (Phi) is 5.85. The minimum absolute atomic E-state index is 0.0189. The van der Waals surface area contributed by atoms with Crippen LogP contribution in [0.5, 0.6) is 0 Å². The average molecular weight is 390 g/mol. The van der Waals surface area contributed by atoms with Gasteiger partial charge >= 0.3 is 5.97 Å². The van der Waals surface area contributed by atoms with Gasteiger partial charge in [0.1, 0.15) is 5.82 Å². The van der Waals surface area contributed by atoms with Crippen molar-refractivity contribution in [3.8, 4) is 0 Å². The molecule has 0 spiro atoms. The third-order valence-electron chi connectivity index (χ3n) is 4.49. The van der Waals surface area contributed by atoms with Crippen LogP contribution in [0.3, 0.4) is 0 Å². The largest absolute Gasteiger partial charge is 0.479 e. The van der Waals surface area contributed by atoms with Gasteiger partial charge in [-0.2, -0.15) is 0 Å². The van der Waals surface area contributed by atoms with E-state index in [9.17, 15) is 23.9 Å². The lowest BCUT2D eigenvalue weighted by atomic mass is 10.1. The highest BCUT2D eigenvalue weighted by Crippen LogP contribution is 2.24. The molecule has 0 aliphatic carbocycles. The van der Waals surface area contributed by atoms with E-state index in [1.165, 1.54) is 23.1 Å². The van der Waals surface area contributed by atoms with Crippen molar-refractivity contribution in [2.45, 2.75) is 31.8 Å². The summed E-state index contributed by atoms with van der Waals surface area (Å²) in [7, 11) is 0. The summed E-state index contributed by atoms with van der Waals surface area (Å²) in [5.41, 5.74) is 1.01. The van der Waals surface area contributed by atoms with Gasteiger partial charge in [0.05, 0.1) is 0 Å². The second kappa shape index (κ2) is 8.30. The highest BCUT2D eigenvalue weighted by Gasteiger charge is 2.26. The van der Waals surface area contributed by atoms with E-state index in [2.05, 4.69) is 5.32 Å². The molecule has 1 aliphatic heterocycles. The number of nitrogens with zero attached hydrogens (tertiary/aromatic N) is 1. The Morgan fingerprint density at radius 2 is 2.00 bits per heavy atom. The van der Waals surface area contributed by atoms with Crippen LogP contribution in [-0.4, -0.2) is 34.3 Å². The normalized spacial score (nSPS) is 14.3. The first-order valence-corrected chi connectivity index (χ1v) is 9.43. The number of fused-ring (bicyclic) bond motifs is 1. The standard InChI is InChI=1S/C19H19FN2O4S/c20-14-4-2-1-3-13(14)18(19(25)26)21-16(23)5-6-17(24)22-9-7-15-12(11-22)8-10-27-15/h1-4,8,10,18H,5-7,9,11H2,(H,21,23)(H,25,26).